The van der Waals surface area contributed by atoms with Gasteiger partial charge in [-0.3, -0.25) is 28.8 Å². The van der Waals surface area contributed by atoms with Gasteiger partial charge in [-0.15, -0.1) is 0 Å². The number of benzene rings is 2. The topological polar surface area (TPSA) is 173 Å². The highest BCUT2D eigenvalue weighted by Gasteiger charge is 2.20. The molecule has 11 nitrogen and oxygen atoms in total. The molecule has 0 spiro atoms. The van der Waals surface area contributed by atoms with Crippen molar-refractivity contribution in [3.05, 3.63) is 82.4 Å². The normalized spacial score (nSPS) is 15.3. The van der Waals surface area contributed by atoms with E-state index in [1.165, 1.54) is 0 Å². The molecule has 218 valence electrons. The average Bonchev–Trinajstić information content (AvgIpc) is 3.28. The van der Waals surface area contributed by atoms with E-state index < -0.39 is 0 Å². The third-order valence-electron chi connectivity index (χ3n) is 7.38. The minimum Gasteiger partial charge on any atom is -0.370 e. The minimum absolute atomic E-state index is 0.103. The number of guanidine groups is 1. The highest BCUT2D eigenvalue weighted by molar-refractivity contribution is 5.95. The van der Waals surface area contributed by atoms with Gasteiger partial charge in [-0.25, -0.2) is 4.98 Å². The van der Waals surface area contributed by atoms with Crippen molar-refractivity contribution in [1.29, 1.82) is 0 Å². The van der Waals surface area contributed by atoms with Gasteiger partial charge in [-0.2, -0.15) is 0 Å². The Bertz CT molecular complexity index is 1630. The van der Waals surface area contributed by atoms with Crippen LogP contribution in [0.5, 0.6) is 0 Å². The number of carbonyl (C=O) groups is 2. The molecule has 7 N–H and O–H groups in total. The molecule has 1 aliphatic rings. The van der Waals surface area contributed by atoms with Gasteiger partial charge in [0.15, 0.2) is 5.96 Å². The number of H-pyrrole nitrogens is 1. The van der Waals surface area contributed by atoms with Crippen LogP contribution in [0.2, 0.25) is 0 Å². The third-order valence-corrected chi connectivity index (χ3v) is 7.38. The van der Waals surface area contributed by atoms with Gasteiger partial charge in [-0.1, -0.05) is 42.8 Å². The zero-order valence-electron chi connectivity index (χ0n) is 23.4. The van der Waals surface area contributed by atoms with Crippen molar-refractivity contribution in [2.24, 2.45) is 16.5 Å². The van der Waals surface area contributed by atoms with Crippen molar-refractivity contribution in [1.82, 2.24) is 25.0 Å². The first kappa shape index (κ1) is 28.7. The monoisotopic (exact) mass is 568 g/mol. The van der Waals surface area contributed by atoms with Crippen LogP contribution in [-0.2, 0) is 11.3 Å². The molecule has 5 rings (SSSR count). The number of hydrogen-bond donors (Lipinski definition) is 5. The lowest BCUT2D eigenvalue weighted by molar-refractivity contribution is -0.119. The fourth-order valence-electron chi connectivity index (χ4n) is 5.12. The average molecular weight is 569 g/mol. The van der Waals surface area contributed by atoms with Gasteiger partial charge in [0, 0.05) is 55.5 Å². The molecule has 1 fully saturated rings. The van der Waals surface area contributed by atoms with Crippen LogP contribution >= 0.6 is 0 Å². The van der Waals surface area contributed by atoms with E-state index in [2.05, 4.69) is 25.6 Å². The molecule has 0 saturated heterocycles. The van der Waals surface area contributed by atoms with E-state index in [4.69, 9.17) is 11.5 Å². The van der Waals surface area contributed by atoms with Crippen LogP contribution < -0.4 is 27.7 Å². The van der Waals surface area contributed by atoms with Gasteiger partial charge < -0.3 is 22.1 Å². The van der Waals surface area contributed by atoms with Crippen molar-refractivity contribution in [3.63, 3.8) is 0 Å². The molecule has 1 aliphatic carbocycles. The van der Waals surface area contributed by atoms with Crippen molar-refractivity contribution in [3.8, 4) is 22.4 Å². The maximum atomic E-state index is 12.9. The first-order chi connectivity index (χ1) is 20.4. The van der Waals surface area contributed by atoms with E-state index in [0.717, 1.165) is 48.9 Å². The zero-order chi connectivity index (χ0) is 29.5. The van der Waals surface area contributed by atoms with Crippen LogP contribution in [0.25, 0.3) is 28.2 Å². The molecular weight excluding hydrogens is 532 g/mol. The van der Waals surface area contributed by atoms with E-state index in [0.29, 0.717) is 48.5 Å². The van der Waals surface area contributed by atoms with Crippen molar-refractivity contribution >= 4 is 23.4 Å². The number of aliphatic imine (C=N–C) groups is 1. The van der Waals surface area contributed by atoms with Crippen LogP contribution in [0.15, 0.2) is 70.7 Å². The lowest BCUT2D eigenvalue weighted by Gasteiger charge is -2.15. The van der Waals surface area contributed by atoms with Gasteiger partial charge in [0.2, 0.25) is 5.78 Å². The summed E-state index contributed by atoms with van der Waals surface area (Å²) in [5, 5.41) is 6.36. The Hall–Kier alpha value is -4.77. The van der Waals surface area contributed by atoms with E-state index in [9.17, 15) is 14.4 Å². The number of Topliss-reactive ketones (excluding diaryl/α,β-unsaturated/α-hetero) is 1. The van der Waals surface area contributed by atoms with Gasteiger partial charge >= 0.3 is 0 Å². The Labute approximate surface area is 243 Å². The number of fused-ring (bicyclic) bond motifs is 1. The van der Waals surface area contributed by atoms with Gasteiger partial charge in [-0.05, 0) is 49.1 Å². The maximum Gasteiger partial charge on any atom is 0.260 e. The number of hydrogen-bond acceptors (Lipinski definition) is 6. The molecule has 4 aromatic rings. The van der Waals surface area contributed by atoms with Crippen molar-refractivity contribution in [2.45, 2.75) is 51.1 Å². The summed E-state index contributed by atoms with van der Waals surface area (Å²) in [5.41, 5.74) is 14.9. The summed E-state index contributed by atoms with van der Waals surface area (Å²) >= 11 is 0. The molecule has 2 aromatic carbocycles. The van der Waals surface area contributed by atoms with Crippen LogP contribution in [0.1, 0.15) is 54.4 Å². The fraction of sp³-hybridized carbons (Fsp3) is 0.323. The number of rotatable bonds is 10. The predicted octanol–water partition coefficient (Wildman–Crippen LogP) is 2.74. The number of amides is 1. The number of nitrogens with two attached hydrogens (primary N) is 2. The molecule has 1 amide bonds. The number of carbonyl (C=O) groups excluding carboxylic acids is 2. The summed E-state index contributed by atoms with van der Waals surface area (Å²) in [6.45, 7) is 2.07. The van der Waals surface area contributed by atoms with Gasteiger partial charge in [0.05, 0.1) is 11.3 Å². The predicted molar refractivity (Wildman–Crippen MR) is 163 cm³/mol. The summed E-state index contributed by atoms with van der Waals surface area (Å²) in [7, 11) is 0. The lowest BCUT2D eigenvalue weighted by Crippen LogP contribution is -2.35. The number of ketones is 1. The van der Waals surface area contributed by atoms with E-state index in [1.807, 2.05) is 42.6 Å². The highest BCUT2D eigenvalue weighted by atomic mass is 16.2. The molecule has 2 heterocycles. The molecule has 42 heavy (non-hydrogen) atoms. The SMILES string of the molecule is NC(N)=NCCCNCc1ccc(-c2cn3cc(-c4ccc(C(=O)NC5CCCCC(=O)C5)cc4)nc3[nH]c2=O)cc1. The third kappa shape index (κ3) is 7.29. The van der Waals surface area contributed by atoms with Crippen molar-refractivity contribution < 1.29 is 9.59 Å². The molecule has 0 bridgehead atoms. The van der Waals surface area contributed by atoms with Crippen molar-refractivity contribution in [2.75, 3.05) is 13.1 Å². The first-order valence-corrected chi connectivity index (χ1v) is 14.3. The number of nitrogens with zero attached hydrogens (tertiary/aromatic N) is 3. The summed E-state index contributed by atoms with van der Waals surface area (Å²) in [4.78, 5) is 49.0. The summed E-state index contributed by atoms with van der Waals surface area (Å²) < 4.78 is 1.79. The molecule has 1 unspecified atom stereocenters. The Morgan fingerprint density at radius 1 is 1.02 bits per heavy atom. The molecule has 0 aliphatic heterocycles. The maximum absolute atomic E-state index is 12.9. The summed E-state index contributed by atoms with van der Waals surface area (Å²) in [5.74, 6) is 0.556. The lowest BCUT2D eigenvalue weighted by atomic mass is 10.1. The molecule has 11 heteroatoms. The second-order valence-electron chi connectivity index (χ2n) is 10.6. The number of imidazole rings is 1. The highest BCUT2D eigenvalue weighted by Crippen LogP contribution is 2.22. The van der Waals surface area contributed by atoms with E-state index in [-0.39, 0.29) is 29.3 Å². The second kappa shape index (κ2) is 13.3. The molecule has 1 saturated carbocycles. The first-order valence-electron chi connectivity index (χ1n) is 14.3. The van der Waals surface area contributed by atoms with Crippen LogP contribution in [-0.4, -0.2) is 51.1 Å². The Kier molecular flexibility index (Phi) is 9.08. The number of aromatic nitrogens is 3. The minimum atomic E-state index is -0.228. The fourth-order valence-corrected chi connectivity index (χ4v) is 5.12. The van der Waals surface area contributed by atoms with Gasteiger partial charge in [0.25, 0.3) is 11.5 Å². The summed E-state index contributed by atoms with van der Waals surface area (Å²) in [6.07, 6.45) is 8.11. The van der Waals surface area contributed by atoms with Crippen LogP contribution in [0.4, 0.5) is 0 Å². The molecule has 1 atom stereocenters. The number of aromatic amines is 1. The van der Waals surface area contributed by atoms with Crippen LogP contribution in [0, 0.1) is 0 Å². The molecular formula is C31H36N8O3. The molecule has 0 radical (unpaired) electrons. The van der Waals surface area contributed by atoms with E-state index >= 15 is 0 Å². The second-order valence-corrected chi connectivity index (χ2v) is 10.6. The standard InChI is InChI=1S/C31H36N8O3/c32-30(33)35-15-3-14-34-17-20-6-8-21(9-7-20)26-18-39-19-27(37-31(39)38-29(26)42)22-10-12-23(13-11-22)28(41)36-24-4-1-2-5-25(40)16-24/h6-13,18-19,24,34H,1-5,14-17H2,(H,36,41)(H4,32,33,35)(H,37,38,42). The largest absolute Gasteiger partial charge is 0.370 e. The Morgan fingerprint density at radius 2 is 1.79 bits per heavy atom. The molecule has 2 aromatic heterocycles. The summed E-state index contributed by atoms with van der Waals surface area (Å²) in [6, 6.07) is 14.9. The Balaban J connectivity index is 1.23. The number of nitrogens with one attached hydrogen (secondary N) is 3. The van der Waals surface area contributed by atoms with Crippen LogP contribution in [0.3, 0.4) is 0 Å². The Morgan fingerprint density at radius 3 is 2.55 bits per heavy atom. The zero-order valence-corrected chi connectivity index (χ0v) is 23.4. The quantitative estimate of drug-likeness (QED) is 0.0846. The smallest absolute Gasteiger partial charge is 0.260 e. The van der Waals surface area contributed by atoms with E-state index in [1.54, 1.807) is 22.7 Å². The van der Waals surface area contributed by atoms with Gasteiger partial charge in [0.1, 0.15) is 5.78 Å².